The minimum Gasteiger partial charge on any atom is -0.387 e. The van der Waals surface area contributed by atoms with Gasteiger partial charge in [0.15, 0.2) is 0 Å². The van der Waals surface area contributed by atoms with Crippen LogP contribution in [0.3, 0.4) is 0 Å². The number of aromatic nitrogens is 1. The summed E-state index contributed by atoms with van der Waals surface area (Å²) >= 11 is 6.03. The highest BCUT2D eigenvalue weighted by atomic mass is 35.5. The molecule has 0 aliphatic carbocycles. The van der Waals surface area contributed by atoms with Crippen molar-refractivity contribution in [1.29, 1.82) is 0 Å². The summed E-state index contributed by atoms with van der Waals surface area (Å²) in [6, 6.07) is 14.0. The molecular formula is C26H32ClN3O2. The Hall–Kier alpha value is -2.34. The molecule has 0 bridgehead atoms. The van der Waals surface area contributed by atoms with Crippen molar-refractivity contribution in [2.45, 2.75) is 64.3 Å². The lowest BCUT2D eigenvalue weighted by Gasteiger charge is -2.26. The van der Waals surface area contributed by atoms with Crippen molar-refractivity contribution in [3.05, 3.63) is 70.4 Å². The number of aliphatic hydroxyl groups excluding tert-OH is 1. The Morgan fingerprint density at radius 3 is 2.66 bits per heavy atom. The van der Waals surface area contributed by atoms with Crippen molar-refractivity contribution < 1.29 is 9.90 Å². The average molecular weight is 454 g/mol. The van der Waals surface area contributed by atoms with Gasteiger partial charge < -0.3 is 20.3 Å². The molecule has 3 aromatic rings. The number of amides is 1. The van der Waals surface area contributed by atoms with Crippen LogP contribution in [0.5, 0.6) is 0 Å². The number of likely N-dealkylation sites (tertiary alicyclic amines) is 1. The summed E-state index contributed by atoms with van der Waals surface area (Å²) in [5, 5.41) is 15.6. The van der Waals surface area contributed by atoms with Gasteiger partial charge in [-0.1, -0.05) is 35.9 Å². The lowest BCUT2D eigenvalue weighted by molar-refractivity contribution is 0.0694. The Morgan fingerprint density at radius 2 is 1.94 bits per heavy atom. The molecule has 4 rings (SSSR count). The molecule has 2 aromatic carbocycles. The van der Waals surface area contributed by atoms with Crippen LogP contribution in [0.25, 0.3) is 10.9 Å². The van der Waals surface area contributed by atoms with Crippen molar-refractivity contribution in [2.75, 3.05) is 6.54 Å². The van der Waals surface area contributed by atoms with Crippen molar-refractivity contribution in [1.82, 2.24) is 15.2 Å². The Balaban J connectivity index is 1.45. The third-order valence-corrected chi connectivity index (χ3v) is 6.87. The van der Waals surface area contributed by atoms with E-state index in [2.05, 4.69) is 37.1 Å². The Labute approximate surface area is 194 Å². The molecule has 32 heavy (non-hydrogen) atoms. The molecule has 3 N–H and O–H groups in total. The Kier molecular flexibility index (Phi) is 6.89. The summed E-state index contributed by atoms with van der Waals surface area (Å²) < 4.78 is 0. The second-order valence-electron chi connectivity index (χ2n) is 9.11. The van der Waals surface area contributed by atoms with Gasteiger partial charge in [0.25, 0.3) is 5.91 Å². The number of hydrogen-bond acceptors (Lipinski definition) is 3. The minimum atomic E-state index is -0.618. The van der Waals surface area contributed by atoms with Gasteiger partial charge in [0.05, 0.1) is 17.2 Å². The van der Waals surface area contributed by atoms with E-state index in [1.54, 1.807) is 12.1 Å². The highest BCUT2D eigenvalue weighted by Gasteiger charge is 2.32. The topological polar surface area (TPSA) is 68.4 Å². The number of halogens is 1. The van der Waals surface area contributed by atoms with Gasteiger partial charge in [0.2, 0.25) is 0 Å². The van der Waals surface area contributed by atoms with E-state index in [1.165, 1.54) is 0 Å². The number of benzene rings is 2. The van der Waals surface area contributed by atoms with Gasteiger partial charge >= 0.3 is 0 Å². The number of para-hydroxylation sites is 1. The number of H-pyrrole nitrogens is 1. The van der Waals surface area contributed by atoms with Crippen molar-refractivity contribution in [3.8, 4) is 0 Å². The number of carbonyl (C=O) groups is 1. The quantitative estimate of drug-likeness (QED) is 0.466. The third kappa shape index (κ3) is 4.70. The molecule has 4 atom stereocenters. The molecule has 1 aliphatic rings. The zero-order chi connectivity index (χ0) is 22.8. The van der Waals surface area contributed by atoms with Gasteiger partial charge in [0.1, 0.15) is 0 Å². The molecular weight excluding hydrogens is 422 g/mol. The van der Waals surface area contributed by atoms with E-state index in [0.29, 0.717) is 11.6 Å². The predicted octanol–water partition coefficient (Wildman–Crippen LogP) is 5.09. The number of rotatable bonds is 7. The lowest BCUT2D eigenvalue weighted by atomic mass is 10.0. The van der Waals surface area contributed by atoms with Crippen molar-refractivity contribution in [3.63, 3.8) is 0 Å². The molecule has 170 valence electrons. The van der Waals surface area contributed by atoms with Crippen molar-refractivity contribution >= 4 is 28.4 Å². The van der Waals surface area contributed by atoms with E-state index in [4.69, 9.17) is 11.6 Å². The lowest BCUT2D eigenvalue weighted by Crippen LogP contribution is -2.38. The van der Waals surface area contributed by atoms with E-state index in [-0.39, 0.29) is 24.0 Å². The molecule has 2 heterocycles. The van der Waals surface area contributed by atoms with Crippen LogP contribution in [0, 0.1) is 0 Å². The number of nitrogens with zero attached hydrogens (tertiary/aromatic N) is 1. The first-order valence-electron chi connectivity index (χ1n) is 11.4. The normalized spacial score (nSPS) is 20.6. The van der Waals surface area contributed by atoms with Crippen molar-refractivity contribution in [2.24, 2.45) is 0 Å². The first-order valence-corrected chi connectivity index (χ1v) is 11.8. The number of fused-ring (bicyclic) bond motifs is 1. The first-order chi connectivity index (χ1) is 15.3. The number of hydrogen-bond donors (Lipinski definition) is 3. The first kappa shape index (κ1) is 22.8. The monoisotopic (exact) mass is 453 g/mol. The molecule has 0 saturated carbocycles. The second-order valence-corrected chi connectivity index (χ2v) is 9.55. The number of carbonyl (C=O) groups excluding carboxylic acids is 1. The summed E-state index contributed by atoms with van der Waals surface area (Å²) in [7, 11) is 0. The summed E-state index contributed by atoms with van der Waals surface area (Å²) in [6.45, 7) is 6.81. The summed E-state index contributed by atoms with van der Waals surface area (Å²) in [5.74, 6) is 0.109. The van der Waals surface area contributed by atoms with Crippen LogP contribution in [-0.2, 0) is 6.42 Å². The van der Waals surface area contributed by atoms with E-state index < -0.39 is 6.10 Å². The fourth-order valence-electron chi connectivity index (χ4n) is 4.84. The highest BCUT2D eigenvalue weighted by molar-refractivity contribution is 6.30. The van der Waals surface area contributed by atoms with Crippen LogP contribution in [0.15, 0.2) is 48.7 Å². The fourth-order valence-corrected chi connectivity index (χ4v) is 5.04. The fraction of sp³-hybridized carbons (Fsp3) is 0.423. The SMILES string of the molecule is C[C@H](Cc1c[nH]c2c(C(=O)N3[C@H](C)CC[C@H]3C)cccc12)NC[C@H](O)c1cccc(Cl)c1. The van der Waals surface area contributed by atoms with Gasteiger partial charge in [-0.25, -0.2) is 0 Å². The molecule has 1 fully saturated rings. The van der Waals surface area contributed by atoms with E-state index in [0.717, 1.165) is 46.9 Å². The number of nitrogens with one attached hydrogen (secondary N) is 2. The number of aliphatic hydroxyl groups is 1. The molecule has 5 nitrogen and oxygen atoms in total. The molecule has 0 radical (unpaired) electrons. The molecule has 1 amide bonds. The zero-order valence-electron chi connectivity index (χ0n) is 18.9. The maximum absolute atomic E-state index is 13.3. The molecule has 0 unspecified atom stereocenters. The zero-order valence-corrected chi connectivity index (χ0v) is 19.7. The number of aromatic amines is 1. The summed E-state index contributed by atoms with van der Waals surface area (Å²) in [5.41, 5.74) is 3.61. The Bertz CT molecular complexity index is 1090. The maximum Gasteiger partial charge on any atom is 0.256 e. The van der Waals surface area contributed by atoms with Gasteiger partial charge in [-0.3, -0.25) is 4.79 Å². The standard InChI is InChI=1S/C26H32ClN3O2/c1-16(28-15-24(31)19-6-4-7-21(27)13-19)12-20-14-29-25-22(20)8-5-9-23(25)26(32)30-17(2)10-11-18(30)3/h4-9,13-14,16-18,24,28-29,31H,10-12,15H2,1-3H3/t16-,17-,18-,24+/m1/s1. The van der Waals surface area contributed by atoms with Crippen LogP contribution in [-0.4, -0.2) is 45.6 Å². The summed E-state index contributed by atoms with van der Waals surface area (Å²) in [4.78, 5) is 18.7. The molecule has 6 heteroatoms. The van der Waals surface area contributed by atoms with E-state index in [1.807, 2.05) is 35.4 Å². The van der Waals surface area contributed by atoms with E-state index >= 15 is 0 Å². The van der Waals surface area contributed by atoms with E-state index in [9.17, 15) is 9.90 Å². The predicted molar refractivity (Wildman–Crippen MR) is 130 cm³/mol. The van der Waals surface area contributed by atoms with Crippen LogP contribution >= 0.6 is 11.6 Å². The molecule has 1 aromatic heterocycles. The molecule has 1 saturated heterocycles. The highest BCUT2D eigenvalue weighted by Crippen LogP contribution is 2.29. The van der Waals surface area contributed by atoms with Gasteiger partial charge in [-0.15, -0.1) is 0 Å². The summed E-state index contributed by atoms with van der Waals surface area (Å²) in [6.07, 6.45) is 4.29. The minimum absolute atomic E-state index is 0.109. The van der Waals surface area contributed by atoms with Gasteiger partial charge in [-0.2, -0.15) is 0 Å². The van der Waals surface area contributed by atoms with Gasteiger partial charge in [-0.05, 0) is 69.4 Å². The largest absolute Gasteiger partial charge is 0.387 e. The van der Waals surface area contributed by atoms with Crippen LogP contribution in [0.2, 0.25) is 5.02 Å². The third-order valence-electron chi connectivity index (χ3n) is 6.64. The smallest absolute Gasteiger partial charge is 0.256 e. The van der Waals surface area contributed by atoms with Crippen LogP contribution < -0.4 is 5.32 Å². The molecule has 1 aliphatic heterocycles. The van der Waals surface area contributed by atoms with Crippen LogP contribution in [0.1, 0.15) is 61.2 Å². The second kappa shape index (κ2) is 9.65. The molecule has 0 spiro atoms. The average Bonchev–Trinajstić information content (AvgIpc) is 3.34. The van der Waals surface area contributed by atoms with Crippen LogP contribution in [0.4, 0.5) is 0 Å². The van der Waals surface area contributed by atoms with Gasteiger partial charge in [0, 0.05) is 41.3 Å². The maximum atomic E-state index is 13.3. The Morgan fingerprint density at radius 1 is 1.22 bits per heavy atom.